The van der Waals surface area contributed by atoms with Gasteiger partial charge >= 0.3 is 0 Å². The Kier molecular flexibility index (Phi) is 12.3. The highest BCUT2D eigenvalue weighted by Crippen LogP contribution is 2.39. The van der Waals surface area contributed by atoms with Crippen LogP contribution in [0.2, 0.25) is 0 Å². The maximum Gasteiger partial charge on any atom is 0.243 e. The first-order valence-electron chi connectivity index (χ1n) is 14.9. The van der Waals surface area contributed by atoms with E-state index in [1.165, 1.54) is 5.56 Å². The van der Waals surface area contributed by atoms with Gasteiger partial charge in [-0.15, -0.1) is 0 Å². The van der Waals surface area contributed by atoms with E-state index in [0.717, 1.165) is 29.7 Å². The molecule has 230 valence electrons. The Morgan fingerprint density at radius 3 is 2.19 bits per heavy atom. The normalized spacial score (nSPS) is 19.1. The molecule has 4 rings (SSSR count). The Bertz CT molecular complexity index is 1290. The van der Waals surface area contributed by atoms with E-state index in [4.69, 9.17) is 14.7 Å². The number of aliphatic hydroxyl groups is 1. The first-order valence-corrected chi connectivity index (χ1v) is 14.9. The Balaban J connectivity index is 1.39. The van der Waals surface area contributed by atoms with Crippen molar-refractivity contribution >= 4 is 17.5 Å². The lowest BCUT2D eigenvalue weighted by molar-refractivity contribution is -0.253. The minimum Gasteiger partial charge on any atom is -0.392 e. The van der Waals surface area contributed by atoms with E-state index in [0.29, 0.717) is 31.4 Å². The molecule has 0 aromatic heterocycles. The standard InChI is InChI=1S/C34H43N3O6/c1-24(26-9-5-3-6-10-26)37(2)22-30-21-31(27-15-13-25(23-38)14-16-27)43-34(42-30)28-17-19-29(20-18-28)35-32(39)11-7-4-8-12-33(40)36-41/h3,5-6,9-10,13-20,24,30-31,34,38,41H,4,7-8,11-12,21-23H2,1-2H3,(H,35,39)(H,36,40)/t24-,30+,31-,34-/m0/s1. The van der Waals surface area contributed by atoms with Gasteiger partial charge in [-0.1, -0.05) is 73.2 Å². The average Bonchev–Trinajstić information content (AvgIpc) is 3.04. The SMILES string of the molecule is C[C@@H](c1ccccc1)N(C)C[C@H]1C[C@@H](c2ccc(CO)cc2)O[C@@H](c2ccc(NC(=O)CCCCCC(=O)NO)cc2)O1. The van der Waals surface area contributed by atoms with Crippen molar-refractivity contribution in [1.29, 1.82) is 0 Å². The number of carbonyl (C=O) groups is 2. The van der Waals surface area contributed by atoms with Gasteiger partial charge in [-0.3, -0.25) is 19.7 Å². The van der Waals surface area contributed by atoms with Crippen LogP contribution in [0.15, 0.2) is 78.9 Å². The van der Waals surface area contributed by atoms with Gasteiger partial charge in [0.05, 0.1) is 18.8 Å². The molecule has 1 aliphatic heterocycles. The zero-order chi connectivity index (χ0) is 30.6. The summed E-state index contributed by atoms with van der Waals surface area (Å²) in [5, 5.41) is 21.0. The lowest BCUT2D eigenvalue weighted by Crippen LogP contribution is -2.38. The number of ether oxygens (including phenoxy) is 2. The van der Waals surface area contributed by atoms with Crippen LogP contribution in [-0.4, -0.2) is 46.7 Å². The topological polar surface area (TPSA) is 120 Å². The molecule has 0 aliphatic carbocycles. The van der Waals surface area contributed by atoms with Crippen LogP contribution in [0.4, 0.5) is 5.69 Å². The maximum atomic E-state index is 12.4. The number of likely N-dealkylation sites (N-methyl/N-ethyl adjacent to an activating group) is 1. The lowest BCUT2D eigenvalue weighted by atomic mass is 9.99. The Morgan fingerprint density at radius 2 is 1.53 bits per heavy atom. The van der Waals surface area contributed by atoms with Crippen molar-refractivity contribution in [1.82, 2.24) is 10.4 Å². The molecule has 1 fully saturated rings. The third-order valence-electron chi connectivity index (χ3n) is 7.95. The monoisotopic (exact) mass is 589 g/mol. The van der Waals surface area contributed by atoms with Crippen LogP contribution >= 0.6 is 0 Å². The van der Waals surface area contributed by atoms with E-state index in [2.05, 4.69) is 48.5 Å². The molecule has 9 nitrogen and oxygen atoms in total. The molecule has 0 spiro atoms. The van der Waals surface area contributed by atoms with E-state index in [-0.39, 0.29) is 37.2 Å². The summed E-state index contributed by atoms with van der Waals surface area (Å²) >= 11 is 0. The average molecular weight is 590 g/mol. The van der Waals surface area contributed by atoms with E-state index in [1.807, 2.05) is 54.6 Å². The Labute approximate surface area is 253 Å². The molecule has 1 aliphatic rings. The maximum absolute atomic E-state index is 12.4. The van der Waals surface area contributed by atoms with E-state index < -0.39 is 12.2 Å². The summed E-state index contributed by atoms with van der Waals surface area (Å²) in [5.74, 6) is -0.506. The van der Waals surface area contributed by atoms with E-state index in [1.54, 1.807) is 5.48 Å². The fraction of sp³-hybridized carbons (Fsp3) is 0.412. The van der Waals surface area contributed by atoms with Crippen LogP contribution in [0.5, 0.6) is 0 Å². The van der Waals surface area contributed by atoms with Crippen molar-refractivity contribution in [2.45, 2.75) is 76.6 Å². The minimum absolute atomic E-state index is 0.00538. The first-order chi connectivity index (χ1) is 20.9. The summed E-state index contributed by atoms with van der Waals surface area (Å²) in [7, 11) is 2.11. The highest BCUT2D eigenvalue weighted by Gasteiger charge is 2.33. The number of nitrogens with zero attached hydrogens (tertiary/aromatic N) is 1. The fourth-order valence-electron chi connectivity index (χ4n) is 5.25. The number of anilines is 1. The first kappa shape index (κ1) is 32.3. The number of amides is 2. The van der Waals surface area contributed by atoms with Gasteiger partial charge in [-0.25, -0.2) is 5.48 Å². The second kappa shape index (κ2) is 16.3. The van der Waals surface area contributed by atoms with Gasteiger partial charge in [0, 0.05) is 43.1 Å². The molecule has 0 unspecified atom stereocenters. The molecule has 3 aromatic rings. The summed E-state index contributed by atoms with van der Waals surface area (Å²) in [6.45, 7) is 2.91. The summed E-state index contributed by atoms with van der Waals surface area (Å²) in [6, 6.07) is 26.0. The number of hydroxylamine groups is 1. The molecule has 1 saturated heterocycles. The number of unbranched alkanes of at least 4 members (excludes halogenated alkanes) is 2. The van der Waals surface area contributed by atoms with Crippen molar-refractivity contribution in [3.05, 3.63) is 101 Å². The second-order valence-electron chi connectivity index (χ2n) is 11.1. The Morgan fingerprint density at radius 1 is 0.884 bits per heavy atom. The van der Waals surface area contributed by atoms with Crippen LogP contribution in [0, 0.1) is 0 Å². The molecule has 2 amide bonds. The molecule has 9 heteroatoms. The van der Waals surface area contributed by atoms with E-state index >= 15 is 0 Å². The molecule has 1 heterocycles. The molecule has 0 radical (unpaired) electrons. The zero-order valence-corrected chi connectivity index (χ0v) is 24.9. The quantitative estimate of drug-likeness (QED) is 0.106. The van der Waals surface area contributed by atoms with Crippen LogP contribution in [0.25, 0.3) is 0 Å². The highest BCUT2D eigenvalue weighted by atomic mass is 16.7. The molecular weight excluding hydrogens is 546 g/mol. The lowest BCUT2D eigenvalue weighted by Gasteiger charge is -2.39. The molecule has 4 N–H and O–H groups in total. The molecule has 0 bridgehead atoms. The number of hydrogen-bond acceptors (Lipinski definition) is 7. The summed E-state index contributed by atoms with van der Waals surface area (Å²) in [4.78, 5) is 25.8. The minimum atomic E-state index is -0.581. The third-order valence-corrected chi connectivity index (χ3v) is 7.95. The van der Waals surface area contributed by atoms with Gasteiger partial charge in [0.1, 0.15) is 0 Å². The zero-order valence-electron chi connectivity index (χ0n) is 24.9. The summed E-state index contributed by atoms with van der Waals surface area (Å²) in [5.41, 5.74) is 6.30. The smallest absolute Gasteiger partial charge is 0.243 e. The molecule has 4 atom stereocenters. The van der Waals surface area contributed by atoms with Gasteiger partial charge in [0.2, 0.25) is 11.8 Å². The number of rotatable bonds is 14. The number of hydrogen-bond donors (Lipinski definition) is 4. The van der Waals surface area contributed by atoms with Gasteiger partial charge in [0.15, 0.2) is 6.29 Å². The molecule has 0 saturated carbocycles. The van der Waals surface area contributed by atoms with E-state index in [9.17, 15) is 14.7 Å². The van der Waals surface area contributed by atoms with Crippen molar-refractivity contribution in [2.75, 3.05) is 18.9 Å². The molecule has 3 aromatic carbocycles. The Hall–Kier alpha value is -3.60. The number of benzene rings is 3. The van der Waals surface area contributed by atoms with Gasteiger partial charge in [-0.2, -0.15) is 0 Å². The molecule has 43 heavy (non-hydrogen) atoms. The van der Waals surface area contributed by atoms with Crippen LogP contribution in [0.1, 0.15) is 86.1 Å². The van der Waals surface area contributed by atoms with Crippen molar-refractivity contribution < 1.29 is 29.4 Å². The predicted molar refractivity (Wildman–Crippen MR) is 164 cm³/mol. The van der Waals surface area contributed by atoms with Crippen LogP contribution < -0.4 is 10.8 Å². The third kappa shape index (κ3) is 9.71. The van der Waals surface area contributed by atoms with Crippen LogP contribution in [-0.2, 0) is 25.7 Å². The highest BCUT2D eigenvalue weighted by molar-refractivity contribution is 5.90. The van der Waals surface area contributed by atoms with Gasteiger partial charge in [0.25, 0.3) is 0 Å². The summed E-state index contributed by atoms with van der Waals surface area (Å²) in [6.07, 6.45) is 2.44. The van der Waals surface area contributed by atoms with Crippen molar-refractivity contribution in [3.8, 4) is 0 Å². The van der Waals surface area contributed by atoms with Crippen molar-refractivity contribution in [2.24, 2.45) is 0 Å². The molecular formula is C34H43N3O6. The second-order valence-corrected chi connectivity index (χ2v) is 11.1. The number of aliphatic hydroxyl groups excluding tert-OH is 1. The summed E-state index contributed by atoms with van der Waals surface area (Å²) < 4.78 is 13.0. The number of nitrogens with one attached hydrogen (secondary N) is 2. The van der Waals surface area contributed by atoms with Crippen molar-refractivity contribution in [3.63, 3.8) is 0 Å². The number of carbonyl (C=O) groups excluding carboxylic acids is 2. The van der Waals surface area contributed by atoms with Crippen LogP contribution in [0.3, 0.4) is 0 Å². The van der Waals surface area contributed by atoms with Gasteiger partial charge < -0.3 is 19.9 Å². The van der Waals surface area contributed by atoms with Gasteiger partial charge in [-0.05, 0) is 55.6 Å². The fourth-order valence-corrected chi connectivity index (χ4v) is 5.25. The predicted octanol–water partition coefficient (Wildman–Crippen LogP) is 5.81. The largest absolute Gasteiger partial charge is 0.392 e.